The summed E-state index contributed by atoms with van der Waals surface area (Å²) < 4.78 is 0. The third kappa shape index (κ3) is 4.59. The molecule has 1 heterocycles. The van der Waals surface area contributed by atoms with E-state index in [-0.39, 0.29) is 35.8 Å². The highest BCUT2D eigenvalue weighted by molar-refractivity contribution is 14.0. The lowest BCUT2D eigenvalue weighted by Crippen LogP contribution is -2.44. The highest BCUT2D eigenvalue weighted by Gasteiger charge is 2.22. The molecule has 0 aliphatic carbocycles. The van der Waals surface area contributed by atoms with Crippen molar-refractivity contribution in [1.29, 1.82) is 0 Å². The molecule has 5 nitrogen and oxygen atoms in total. The van der Waals surface area contributed by atoms with Crippen molar-refractivity contribution < 1.29 is 4.79 Å². The molecule has 0 radical (unpaired) electrons. The lowest BCUT2D eigenvalue weighted by atomic mass is 10.2. The summed E-state index contributed by atoms with van der Waals surface area (Å²) in [6.45, 7) is 6.00. The Morgan fingerprint density at radius 1 is 1.27 bits per heavy atom. The van der Waals surface area contributed by atoms with Gasteiger partial charge >= 0.3 is 0 Å². The van der Waals surface area contributed by atoms with Crippen molar-refractivity contribution in [1.82, 2.24) is 10.6 Å². The van der Waals surface area contributed by atoms with Gasteiger partial charge in [0.1, 0.15) is 0 Å². The molecule has 0 spiro atoms. The summed E-state index contributed by atoms with van der Waals surface area (Å²) in [7, 11) is 1.79. The van der Waals surface area contributed by atoms with E-state index in [4.69, 9.17) is 0 Å². The van der Waals surface area contributed by atoms with Crippen LogP contribution in [0, 0.1) is 5.92 Å². The van der Waals surface area contributed by atoms with Crippen LogP contribution >= 0.6 is 24.0 Å². The van der Waals surface area contributed by atoms with Crippen LogP contribution in [0.3, 0.4) is 0 Å². The van der Waals surface area contributed by atoms with Crippen molar-refractivity contribution in [2.75, 3.05) is 31.6 Å². The maximum atomic E-state index is 11.5. The third-order valence-electron chi connectivity index (χ3n) is 3.59. The fourth-order valence-corrected chi connectivity index (χ4v) is 2.42. The molecule has 1 aromatic rings. The molecule has 122 valence electrons. The minimum Gasteiger partial charge on any atom is -0.354 e. The molecule has 0 saturated carbocycles. The summed E-state index contributed by atoms with van der Waals surface area (Å²) in [5.74, 6) is 0.965. The van der Waals surface area contributed by atoms with E-state index in [1.165, 1.54) is 11.3 Å². The molecular weight excluding hydrogens is 391 g/mol. The van der Waals surface area contributed by atoms with E-state index in [1.54, 1.807) is 7.05 Å². The van der Waals surface area contributed by atoms with Gasteiger partial charge in [-0.2, -0.15) is 0 Å². The zero-order chi connectivity index (χ0) is 15.2. The number of benzene rings is 1. The van der Waals surface area contributed by atoms with Crippen molar-refractivity contribution in [3.63, 3.8) is 0 Å². The first-order valence-electron chi connectivity index (χ1n) is 7.47. The molecular formula is C16H25IN4O. The number of anilines is 1. The van der Waals surface area contributed by atoms with Gasteiger partial charge in [-0.1, -0.05) is 32.0 Å². The van der Waals surface area contributed by atoms with Gasteiger partial charge < -0.3 is 15.5 Å². The number of para-hydroxylation sites is 1. The maximum absolute atomic E-state index is 11.5. The van der Waals surface area contributed by atoms with E-state index in [1.807, 2.05) is 19.9 Å². The van der Waals surface area contributed by atoms with E-state index < -0.39 is 0 Å². The Balaban J connectivity index is 0.00000242. The van der Waals surface area contributed by atoms with E-state index in [2.05, 4.69) is 38.7 Å². The molecule has 0 bridgehead atoms. The second kappa shape index (κ2) is 8.97. The van der Waals surface area contributed by atoms with Crippen molar-refractivity contribution >= 4 is 41.5 Å². The predicted octanol–water partition coefficient (Wildman–Crippen LogP) is 2.01. The minimum atomic E-state index is 0. The van der Waals surface area contributed by atoms with Crippen LogP contribution < -0.4 is 15.5 Å². The van der Waals surface area contributed by atoms with Crippen LogP contribution in [0.1, 0.15) is 19.4 Å². The largest absolute Gasteiger partial charge is 0.354 e. The maximum Gasteiger partial charge on any atom is 0.222 e. The Hall–Kier alpha value is -1.31. The van der Waals surface area contributed by atoms with Gasteiger partial charge in [0.05, 0.1) is 0 Å². The monoisotopic (exact) mass is 416 g/mol. The molecule has 0 atom stereocenters. The molecule has 1 aromatic carbocycles. The standard InChI is InChI=1S/C16H24N4O.HI/c1-12(2)15(21)18-9-10-19-16(17-3)20-11-8-13-6-4-5-7-14(13)20;/h4-7,12H,8-11H2,1-3H3,(H,17,19)(H,18,21);1H. The number of aliphatic imine (C=N–C) groups is 1. The predicted molar refractivity (Wildman–Crippen MR) is 102 cm³/mol. The molecule has 2 N–H and O–H groups in total. The van der Waals surface area contributed by atoms with Gasteiger partial charge in [-0.3, -0.25) is 9.79 Å². The Morgan fingerprint density at radius 3 is 2.64 bits per heavy atom. The van der Waals surface area contributed by atoms with Crippen LogP contribution in [0.15, 0.2) is 29.3 Å². The van der Waals surface area contributed by atoms with Crippen molar-refractivity contribution in [2.24, 2.45) is 10.9 Å². The number of hydrogen-bond acceptors (Lipinski definition) is 2. The number of nitrogens with zero attached hydrogens (tertiary/aromatic N) is 2. The Bertz CT molecular complexity index is 531. The quantitative estimate of drug-likeness (QED) is 0.342. The molecule has 1 aliphatic rings. The number of rotatable bonds is 4. The lowest BCUT2D eigenvalue weighted by Gasteiger charge is -2.22. The lowest BCUT2D eigenvalue weighted by molar-refractivity contribution is -0.123. The van der Waals surface area contributed by atoms with E-state index in [0.29, 0.717) is 13.1 Å². The molecule has 22 heavy (non-hydrogen) atoms. The number of amides is 1. The molecule has 1 aliphatic heterocycles. The third-order valence-corrected chi connectivity index (χ3v) is 3.59. The zero-order valence-corrected chi connectivity index (χ0v) is 15.8. The molecule has 0 saturated heterocycles. The van der Waals surface area contributed by atoms with Crippen molar-refractivity contribution in [3.8, 4) is 0 Å². The summed E-state index contributed by atoms with van der Waals surface area (Å²) in [5.41, 5.74) is 2.57. The number of fused-ring (bicyclic) bond motifs is 1. The first kappa shape index (κ1) is 18.7. The smallest absolute Gasteiger partial charge is 0.222 e. The summed E-state index contributed by atoms with van der Waals surface area (Å²) in [5, 5.41) is 6.20. The highest BCUT2D eigenvalue weighted by atomic mass is 127. The molecule has 0 fully saturated rings. The number of nitrogens with one attached hydrogen (secondary N) is 2. The Kier molecular flexibility index (Phi) is 7.64. The van der Waals surface area contributed by atoms with Crippen molar-refractivity contribution in [3.05, 3.63) is 29.8 Å². The van der Waals surface area contributed by atoms with Gasteiger partial charge in [0.15, 0.2) is 5.96 Å². The second-order valence-electron chi connectivity index (χ2n) is 5.45. The molecule has 1 amide bonds. The van der Waals surface area contributed by atoms with Crippen LogP contribution in [0.5, 0.6) is 0 Å². The van der Waals surface area contributed by atoms with Gasteiger partial charge in [0.2, 0.25) is 5.91 Å². The van der Waals surface area contributed by atoms with Crippen molar-refractivity contribution in [2.45, 2.75) is 20.3 Å². The normalized spacial score (nSPS) is 13.6. The zero-order valence-electron chi connectivity index (χ0n) is 13.4. The summed E-state index contributed by atoms with van der Waals surface area (Å²) in [6, 6.07) is 8.40. The molecule has 0 unspecified atom stereocenters. The number of halogens is 1. The summed E-state index contributed by atoms with van der Waals surface area (Å²) in [6.07, 6.45) is 1.04. The Labute approximate surface area is 149 Å². The van der Waals surface area contributed by atoms with E-state index >= 15 is 0 Å². The first-order valence-corrected chi connectivity index (χ1v) is 7.47. The highest BCUT2D eigenvalue weighted by Crippen LogP contribution is 2.27. The SMILES string of the molecule is CN=C(NCCNC(=O)C(C)C)N1CCc2ccccc21.I. The van der Waals surface area contributed by atoms with Crippen LogP contribution in [0.2, 0.25) is 0 Å². The van der Waals surface area contributed by atoms with Gasteiger partial charge in [-0.25, -0.2) is 0 Å². The summed E-state index contributed by atoms with van der Waals surface area (Å²) >= 11 is 0. The van der Waals surface area contributed by atoms with Gasteiger partial charge in [-0.15, -0.1) is 24.0 Å². The van der Waals surface area contributed by atoms with Crippen LogP contribution in [0.25, 0.3) is 0 Å². The van der Waals surface area contributed by atoms with Gasteiger partial charge in [-0.05, 0) is 18.1 Å². The van der Waals surface area contributed by atoms with Crippen LogP contribution in [0.4, 0.5) is 5.69 Å². The average molecular weight is 416 g/mol. The number of carbonyl (C=O) groups excluding carboxylic acids is 1. The number of carbonyl (C=O) groups is 1. The van der Waals surface area contributed by atoms with Crippen LogP contribution in [-0.2, 0) is 11.2 Å². The minimum absolute atomic E-state index is 0. The fourth-order valence-electron chi connectivity index (χ4n) is 2.42. The average Bonchev–Trinajstić information content (AvgIpc) is 2.91. The topological polar surface area (TPSA) is 56.7 Å². The van der Waals surface area contributed by atoms with E-state index in [9.17, 15) is 4.79 Å². The van der Waals surface area contributed by atoms with Gasteiger partial charge in [0, 0.05) is 38.3 Å². The summed E-state index contributed by atoms with van der Waals surface area (Å²) in [4.78, 5) is 18.0. The fraction of sp³-hybridized carbons (Fsp3) is 0.500. The molecule has 2 rings (SSSR count). The molecule has 6 heteroatoms. The number of guanidine groups is 1. The van der Waals surface area contributed by atoms with Crippen LogP contribution in [-0.4, -0.2) is 38.5 Å². The Morgan fingerprint density at radius 2 is 1.95 bits per heavy atom. The van der Waals surface area contributed by atoms with Gasteiger partial charge in [0.25, 0.3) is 0 Å². The number of hydrogen-bond donors (Lipinski definition) is 2. The van der Waals surface area contributed by atoms with E-state index in [0.717, 1.165) is 18.9 Å². The molecule has 0 aromatic heterocycles. The second-order valence-corrected chi connectivity index (χ2v) is 5.45. The first-order chi connectivity index (χ1) is 10.1.